The zero-order chi connectivity index (χ0) is 17.4. The number of nitrogens with zero attached hydrogens (tertiary/aromatic N) is 4. The molecule has 1 fully saturated rings. The molecule has 25 heavy (non-hydrogen) atoms. The molecule has 0 amide bonds. The van der Waals surface area contributed by atoms with Gasteiger partial charge in [0.05, 0.1) is 5.69 Å². The maximum Gasteiger partial charge on any atom is 0.177 e. The molecule has 130 valence electrons. The minimum absolute atomic E-state index is 0.288. The van der Waals surface area contributed by atoms with E-state index in [1.807, 2.05) is 25.3 Å². The van der Waals surface area contributed by atoms with Crippen molar-refractivity contribution in [1.82, 2.24) is 19.6 Å². The van der Waals surface area contributed by atoms with Crippen molar-refractivity contribution in [1.29, 1.82) is 0 Å². The maximum atomic E-state index is 6.34. The molecule has 0 spiro atoms. The van der Waals surface area contributed by atoms with E-state index in [4.69, 9.17) is 11.5 Å². The number of pyridine rings is 1. The summed E-state index contributed by atoms with van der Waals surface area (Å²) in [6, 6.07) is 4.28. The van der Waals surface area contributed by atoms with Crippen LogP contribution in [-0.4, -0.2) is 25.6 Å². The van der Waals surface area contributed by atoms with Gasteiger partial charge in [-0.3, -0.25) is 0 Å². The smallest absolute Gasteiger partial charge is 0.177 e. The Labute approximate surface area is 146 Å². The fourth-order valence-electron chi connectivity index (χ4n) is 3.59. The van der Waals surface area contributed by atoms with Crippen LogP contribution in [-0.2, 0) is 0 Å². The molecule has 1 saturated carbocycles. The Kier molecular flexibility index (Phi) is 4.01. The summed E-state index contributed by atoms with van der Waals surface area (Å²) in [5.41, 5.74) is 16.2. The van der Waals surface area contributed by atoms with Crippen LogP contribution in [0.2, 0.25) is 0 Å². The number of nitrogen functional groups attached to an aromatic ring is 1. The lowest BCUT2D eigenvalue weighted by atomic mass is 9.81. The highest BCUT2D eigenvalue weighted by atomic mass is 15.3. The number of anilines is 3. The molecular weight excluding hydrogens is 314 g/mol. The summed E-state index contributed by atoms with van der Waals surface area (Å²) in [5, 5.41) is 7.92. The Bertz CT molecular complexity index is 876. The summed E-state index contributed by atoms with van der Waals surface area (Å²) in [6.07, 6.45) is 9.42. The van der Waals surface area contributed by atoms with Crippen LogP contribution in [0.3, 0.4) is 0 Å². The van der Waals surface area contributed by atoms with Crippen LogP contribution in [0.4, 0.5) is 17.3 Å². The van der Waals surface area contributed by atoms with Crippen LogP contribution in [0, 0.1) is 6.92 Å². The number of hydrogen-bond donors (Lipinski definition) is 3. The van der Waals surface area contributed by atoms with Gasteiger partial charge in [0.1, 0.15) is 11.6 Å². The predicted molar refractivity (Wildman–Crippen MR) is 98.8 cm³/mol. The van der Waals surface area contributed by atoms with Gasteiger partial charge in [0, 0.05) is 30.2 Å². The van der Waals surface area contributed by atoms with Crippen molar-refractivity contribution in [2.24, 2.45) is 5.73 Å². The molecule has 0 aliphatic heterocycles. The average Bonchev–Trinajstić information content (AvgIpc) is 3.06. The van der Waals surface area contributed by atoms with Crippen molar-refractivity contribution >= 4 is 23.0 Å². The first-order valence-electron chi connectivity index (χ1n) is 8.70. The summed E-state index contributed by atoms with van der Waals surface area (Å²) in [6.45, 7) is 2.02. The van der Waals surface area contributed by atoms with E-state index in [1.54, 1.807) is 16.9 Å². The lowest BCUT2D eigenvalue weighted by Gasteiger charge is -2.28. The van der Waals surface area contributed by atoms with Gasteiger partial charge in [-0.25, -0.2) is 14.5 Å². The van der Waals surface area contributed by atoms with Gasteiger partial charge >= 0.3 is 0 Å². The van der Waals surface area contributed by atoms with Gasteiger partial charge in [-0.2, -0.15) is 0 Å². The zero-order valence-electron chi connectivity index (χ0n) is 14.3. The zero-order valence-corrected chi connectivity index (χ0v) is 14.3. The molecule has 4 rings (SSSR count). The molecule has 7 nitrogen and oxygen atoms in total. The minimum Gasteiger partial charge on any atom is -0.382 e. The number of nitrogens with two attached hydrogens (primary N) is 2. The monoisotopic (exact) mass is 337 g/mol. The molecule has 1 aliphatic carbocycles. The topological polar surface area (TPSA) is 107 Å². The number of imidazole rings is 1. The molecule has 3 aromatic heterocycles. The molecule has 0 bridgehead atoms. The molecule has 1 aliphatic rings. The van der Waals surface area contributed by atoms with Gasteiger partial charge in [-0.15, -0.1) is 5.10 Å². The minimum atomic E-state index is 0.288. The summed E-state index contributed by atoms with van der Waals surface area (Å²) in [4.78, 5) is 8.94. The van der Waals surface area contributed by atoms with E-state index in [0.717, 1.165) is 54.0 Å². The van der Waals surface area contributed by atoms with Crippen LogP contribution >= 0.6 is 0 Å². The maximum absolute atomic E-state index is 6.34. The second-order valence-electron chi connectivity index (χ2n) is 6.83. The molecule has 3 aromatic rings. The number of aryl methyl sites for hydroxylation is 1. The van der Waals surface area contributed by atoms with Crippen molar-refractivity contribution in [3.05, 3.63) is 41.9 Å². The fourth-order valence-corrected chi connectivity index (χ4v) is 3.59. The van der Waals surface area contributed by atoms with E-state index < -0.39 is 0 Å². The Morgan fingerprint density at radius 1 is 1.16 bits per heavy atom. The van der Waals surface area contributed by atoms with Gasteiger partial charge in [-0.1, -0.05) is 6.07 Å². The third-order valence-electron chi connectivity index (χ3n) is 4.95. The van der Waals surface area contributed by atoms with E-state index in [-0.39, 0.29) is 6.04 Å². The van der Waals surface area contributed by atoms with Gasteiger partial charge in [-0.05, 0) is 50.2 Å². The summed E-state index contributed by atoms with van der Waals surface area (Å²) in [5.74, 6) is 1.65. The van der Waals surface area contributed by atoms with Gasteiger partial charge in [0.15, 0.2) is 5.65 Å². The predicted octanol–water partition coefficient (Wildman–Crippen LogP) is 2.74. The third kappa shape index (κ3) is 3.02. The van der Waals surface area contributed by atoms with Crippen molar-refractivity contribution in [3.8, 4) is 0 Å². The van der Waals surface area contributed by atoms with Crippen molar-refractivity contribution in [3.63, 3.8) is 0 Å². The fraction of sp³-hybridized carbons (Fsp3) is 0.389. The number of rotatable bonds is 3. The van der Waals surface area contributed by atoms with E-state index in [2.05, 4.69) is 20.4 Å². The van der Waals surface area contributed by atoms with Crippen LogP contribution < -0.4 is 16.8 Å². The second-order valence-corrected chi connectivity index (χ2v) is 6.83. The quantitative estimate of drug-likeness (QED) is 0.678. The van der Waals surface area contributed by atoms with Crippen molar-refractivity contribution < 1.29 is 0 Å². The van der Waals surface area contributed by atoms with E-state index >= 15 is 0 Å². The van der Waals surface area contributed by atoms with E-state index in [0.29, 0.717) is 11.7 Å². The molecule has 5 N–H and O–H groups in total. The highest BCUT2D eigenvalue weighted by Gasteiger charge is 2.27. The number of nitrogens with one attached hydrogen (secondary N) is 1. The Morgan fingerprint density at radius 2 is 1.96 bits per heavy atom. The molecule has 7 heteroatoms. The number of hydrogen-bond acceptors (Lipinski definition) is 6. The Morgan fingerprint density at radius 3 is 2.68 bits per heavy atom. The lowest BCUT2D eigenvalue weighted by Crippen LogP contribution is -2.26. The van der Waals surface area contributed by atoms with Crippen LogP contribution in [0.15, 0.2) is 30.7 Å². The van der Waals surface area contributed by atoms with Crippen LogP contribution in [0.25, 0.3) is 5.65 Å². The first-order chi connectivity index (χ1) is 12.1. The first kappa shape index (κ1) is 15.8. The molecule has 0 atom stereocenters. The molecule has 0 radical (unpaired) electrons. The first-order valence-corrected chi connectivity index (χ1v) is 8.70. The highest BCUT2D eigenvalue weighted by Crippen LogP contribution is 2.40. The summed E-state index contributed by atoms with van der Waals surface area (Å²) in [7, 11) is 0. The number of fused-ring (bicyclic) bond motifs is 1. The largest absolute Gasteiger partial charge is 0.382 e. The molecule has 3 heterocycles. The molecule has 0 unspecified atom stereocenters. The standard InChI is InChI=1S/C18H23N7/c1-11-2-7-14(22-10-11)23-16-15(12-3-5-13(19)6-4-12)17(20)24-25-9-8-21-18(16)25/h2,7-10,12-13H,3-6,19H2,1H3,(H2,20,24)(H,22,23)/t12-,13-. The molecule has 0 aromatic carbocycles. The number of aromatic nitrogens is 4. The normalized spacial score (nSPS) is 20.7. The summed E-state index contributed by atoms with van der Waals surface area (Å²) >= 11 is 0. The van der Waals surface area contributed by atoms with Crippen molar-refractivity contribution in [2.75, 3.05) is 11.1 Å². The Hall–Kier alpha value is -2.67. The van der Waals surface area contributed by atoms with Gasteiger partial charge < -0.3 is 16.8 Å². The van der Waals surface area contributed by atoms with Gasteiger partial charge in [0.2, 0.25) is 0 Å². The van der Waals surface area contributed by atoms with E-state index in [1.165, 1.54) is 0 Å². The second kappa shape index (κ2) is 6.33. The average molecular weight is 337 g/mol. The van der Waals surface area contributed by atoms with Crippen molar-refractivity contribution in [2.45, 2.75) is 44.6 Å². The molecule has 0 saturated heterocycles. The lowest BCUT2D eigenvalue weighted by molar-refractivity contribution is 0.396. The van der Waals surface area contributed by atoms with Crippen LogP contribution in [0.1, 0.15) is 42.7 Å². The third-order valence-corrected chi connectivity index (χ3v) is 4.95. The molecular formula is C18H23N7. The highest BCUT2D eigenvalue weighted by molar-refractivity contribution is 5.79. The SMILES string of the molecule is Cc1ccc(Nc2c3nccn3nc(N)c2[C@H]2CC[C@H](N)CC2)nc1. The van der Waals surface area contributed by atoms with Crippen LogP contribution in [0.5, 0.6) is 0 Å². The summed E-state index contributed by atoms with van der Waals surface area (Å²) < 4.78 is 1.71. The van der Waals surface area contributed by atoms with E-state index in [9.17, 15) is 0 Å². The van der Waals surface area contributed by atoms with Gasteiger partial charge in [0.25, 0.3) is 0 Å². The Balaban J connectivity index is 1.80.